The molecule has 20 heavy (non-hydrogen) atoms. The number of hydrogen-bond donors (Lipinski definition) is 1. The van der Waals surface area contributed by atoms with Gasteiger partial charge in [-0.3, -0.25) is 0 Å². The van der Waals surface area contributed by atoms with E-state index in [9.17, 15) is 0 Å². The van der Waals surface area contributed by atoms with Gasteiger partial charge in [-0.25, -0.2) is 9.97 Å². The Kier molecular flexibility index (Phi) is 4.93. The normalized spacial score (nSPS) is 12.2. The highest BCUT2D eigenvalue weighted by Crippen LogP contribution is 2.25. The van der Waals surface area contributed by atoms with Crippen LogP contribution in [0.25, 0.3) is 0 Å². The summed E-state index contributed by atoms with van der Waals surface area (Å²) in [4.78, 5) is 8.40. The molecule has 1 heterocycles. The maximum atomic E-state index is 5.95. The number of nitrogens with two attached hydrogens (primary N) is 1. The van der Waals surface area contributed by atoms with Crippen LogP contribution in [0.1, 0.15) is 24.5 Å². The van der Waals surface area contributed by atoms with Gasteiger partial charge < -0.3 is 10.5 Å². The molecular formula is C15H18ClN3O. The zero-order chi connectivity index (χ0) is 14.5. The van der Waals surface area contributed by atoms with Gasteiger partial charge in [0.1, 0.15) is 5.75 Å². The molecule has 0 amide bonds. The average Bonchev–Trinajstić information content (AvgIpc) is 2.45. The standard InChI is InChI=1S/C15H18ClN3O/c1-3-13(17)6-11-8-18-15(19-9-11)20-14-7-12(16)5-4-10(14)2/h4-5,7-9,13H,3,6,17H2,1-2H3. The highest BCUT2D eigenvalue weighted by Gasteiger charge is 2.06. The molecule has 2 aromatic rings. The largest absolute Gasteiger partial charge is 0.424 e. The highest BCUT2D eigenvalue weighted by molar-refractivity contribution is 6.30. The van der Waals surface area contributed by atoms with E-state index in [0.29, 0.717) is 16.8 Å². The molecule has 0 bridgehead atoms. The van der Waals surface area contributed by atoms with Crippen LogP contribution in [-0.2, 0) is 6.42 Å². The van der Waals surface area contributed by atoms with E-state index in [1.165, 1.54) is 0 Å². The zero-order valence-electron chi connectivity index (χ0n) is 11.6. The summed E-state index contributed by atoms with van der Waals surface area (Å²) in [5.74, 6) is 0.663. The Labute approximate surface area is 124 Å². The van der Waals surface area contributed by atoms with Crippen molar-refractivity contribution in [2.45, 2.75) is 32.7 Å². The second-order valence-corrected chi connectivity index (χ2v) is 5.19. The Balaban J connectivity index is 2.09. The Morgan fingerprint density at radius 3 is 2.65 bits per heavy atom. The third-order valence-electron chi connectivity index (χ3n) is 3.06. The van der Waals surface area contributed by atoms with Crippen LogP contribution in [0.3, 0.4) is 0 Å². The second kappa shape index (κ2) is 6.68. The minimum absolute atomic E-state index is 0.139. The quantitative estimate of drug-likeness (QED) is 0.916. The van der Waals surface area contributed by atoms with E-state index in [0.717, 1.165) is 24.0 Å². The van der Waals surface area contributed by atoms with E-state index < -0.39 is 0 Å². The summed E-state index contributed by atoms with van der Waals surface area (Å²) in [7, 11) is 0. The molecule has 0 saturated carbocycles. The monoisotopic (exact) mass is 291 g/mol. The lowest BCUT2D eigenvalue weighted by molar-refractivity contribution is 0.437. The van der Waals surface area contributed by atoms with E-state index in [1.807, 2.05) is 19.1 Å². The molecule has 1 unspecified atom stereocenters. The first-order valence-electron chi connectivity index (χ1n) is 6.59. The van der Waals surface area contributed by atoms with Gasteiger partial charge in [0.15, 0.2) is 0 Å². The van der Waals surface area contributed by atoms with Crippen LogP contribution in [0.4, 0.5) is 0 Å². The summed E-state index contributed by atoms with van der Waals surface area (Å²) < 4.78 is 5.64. The Bertz CT molecular complexity index is 572. The summed E-state index contributed by atoms with van der Waals surface area (Å²) in [5.41, 5.74) is 7.89. The van der Waals surface area contributed by atoms with Gasteiger partial charge in [-0.1, -0.05) is 24.6 Å². The van der Waals surface area contributed by atoms with Crippen LogP contribution in [0.5, 0.6) is 11.8 Å². The van der Waals surface area contributed by atoms with Crippen molar-refractivity contribution in [2.24, 2.45) is 5.73 Å². The molecule has 0 aliphatic rings. The molecule has 0 saturated heterocycles. The van der Waals surface area contributed by atoms with Crippen molar-refractivity contribution < 1.29 is 4.74 Å². The summed E-state index contributed by atoms with van der Waals surface area (Å²) in [5, 5.41) is 0.621. The van der Waals surface area contributed by atoms with E-state index in [2.05, 4.69) is 16.9 Å². The van der Waals surface area contributed by atoms with Crippen LogP contribution in [0.2, 0.25) is 5.02 Å². The number of rotatable bonds is 5. The van der Waals surface area contributed by atoms with Gasteiger partial charge in [0.05, 0.1) is 0 Å². The van der Waals surface area contributed by atoms with Crippen molar-refractivity contribution in [2.75, 3.05) is 0 Å². The van der Waals surface area contributed by atoms with Crippen molar-refractivity contribution in [3.63, 3.8) is 0 Å². The van der Waals surface area contributed by atoms with E-state index in [1.54, 1.807) is 18.5 Å². The zero-order valence-corrected chi connectivity index (χ0v) is 12.4. The van der Waals surface area contributed by atoms with Crippen LogP contribution in [0.15, 0.2) is 30.6 Å². The summed E-state index contributed by atoms with van der Waals surface area (Å²) in [6, 6.07) is 5.91. The first kappa shape index (κ1) is 14.8. The first-order valence-corrected chi connectivity index (χ1v) is 6.96. The molecule has 0 spiro atoms. The third-order valence-corrected chi connectivity index (χ3v) is 3.29. The van der Waals surface area contributed by atoms with Crippen LogP contribution < -0.4 is 10.5 Å². The van der Waals surface area contributed by atoms with E-state index in [4.69, 9.17) is 22.1 Å². The molecule has 4 nitrogen and oxygen atoms in total. The predicted octanol–water partition coefficient (Wildman–Crippen LogP) is 3.51. The summed E-state index contributed by atoms with van der Waals surface area (Å²) in [6.07, 6.45) is 5.20. The minimum atomic E-state index is 0.139. The molecule has 0 aliphatic carbocycles. The van der Waals surface area contributed by atoms with Gasteiger partial charge in [-0.15, -0.1) is 0 Å². The smallest absolute Gasteiger partial charge is 0.321 e. The van der Waals surface area contributed by atoms with Gasteiger partial charge in [-0.2, -0.15) is 0 Å². The number of aromatic nitrogens is 2. The number of nitrogens with zero attached hydrogens (tertiary/aromatic N) is 2. The number of halogens is 1. The summed E-state index contributed by atoms with van der Waals surface area (Å²) >= 11 is 5.95. The fourth-order valence-corrected chi connectivity index (χ4v) is 1.89. The van der Waals surface area contributed by atoms with Crippen molar-refractivity contribution in [1.82, 2.24) is 9.97 Å². The fourth-order valence-electron chi connectivity index (χ4n) is 1.73. The van der Waals surface area contributed by atoms with Crippen LogP contribution >= 0.6 is 11.6 Å². The SMILES string of the molecule is CCC(N)Cc1cnc(Oc2cc(Cl)ccc2C)nc1. The lowest BCUT2D eigenvalue weighted by Gasteiger charge is -2.09. The molecule has 106 valence electrons. The first-order chi connectivity index (χ1) is 9.58. The van der Waals surface area contributed by atoms with Crippen molar-refractivity contribution in [1.29, 1.82) is 0 Å². The lowest BCUT2D eigenvalue weighted by Crippen LogP contribution is -2.21. The van der Waals surface area contributed by atoms with Gasteiger partial charge in [0.2, 0.25) is 0 Å². The molecule has 1 atom stereocenters. The van der Waals surface area contributed by atoms with Crippen molar-refractivity contribution in [3.05, 3.63) is 46.7 Å². The predicted molar refractivity (Wildman–Crippen MR) is 80.3 cm³/mol. The molecule has 2 N–H and O–H groups in total. The summed E-state index contributed by atoms with van der Waals surface area (Å²) in [6.45, 7) is 4.01. The molecule has 1 aromatic heterocycles. The van der Waals surface area contributed by atoms with Gasteiger partial charge in [0.25, 0.3) is 0 Å². The number of aryl methyl sites for hydroxylation is 1. The number of hydrogen-bond acceptors (Lipinski definition) is 4. The van der Waals surface area contributed by atoms with Crippen molar-refractivity contribution in [3.8, 4) is 11.8 Å². The second-order valence-electron chi connectivity index (χ2n) is 4.76. The number of ether oxygens (including phenoxy) is 1. The Morgan fingerprint density at radius 1 is 1.30 bits per heavy atom. The van der Waals surface area contributed by atoms with Crippen molar-refractivity contribution >= 4 is 11.6 Å². The maximum Gasteiger partial charge on any atom is 0.321 e. The van der Waals surface area contributed by atoms with Crippen LogP contribution in [-0.4, -0.2) is 16.0 Å². The Morgan fingerprint density at radius 2 is 2.00 bits per heavy atom. The van der Waals surface area contributed by atoms with E-state index in [-0.39, 0.29) is 6.04 Å². The molecular weight excluding hydrogens is 274 g/mol. The van der Waals surface area contributed by atoms with Crippen LogP contribution in [0, 0.1) is 6.92 Å². The third kappa shape index (κ3) is 3.92. The van der Waals surface area contributed by atoms with Gasteiger partial charge >= 0.3 is 6.01 Å². The molecule has 0 radical (unpaired) electrons. The minimum Gasteiger partial charge on any atom is -0.424 e. The highest BCUT2D eigenvalue weighted by atomic mass is 35.5. The van der Waals surface area contributed by atoms with E-state index >= 15 is 0 Å². The fraction of sp³-hybridized carbons (Fsp3) is 0.333. The Hall–Kier alpha value is -1.65. The van der Waals surface area contributed by atoms with Gasteiger partial charge in [-0.05, 0) is 43.0 Å². The molecule has 1 aromatic carbocycles. The number of benzene rings is 1. The lowest BCUT2D eigenvalue weighted by atomic mass is 10.1. The average molecular weight is 292 g/mol. The topological polar surface area (TPSA) is 61.0 Å². The molecule has 2 rings (SSSR count). The maximum absolute atomic E-state index is 5.95. The molecule has 0 aliphatic heterocycles. The van der Waals surface area contributed by atoms with Gasteiger partial charge in [0, 0.05) is 23.5 Å². The molecule has 5 heteroatoms. The molecule has 0 fully saturated rings.